The van der Waals surface area contributed by atoms with E-state index in [4.69, 9.17) is 4.74 Å². The lowest BCUT2D eigenvalue weighted by Crippen LogP contribution is -2.14. The van der Waals surface area contributed by atoms with Crippen LogP contribution < -0.4 is 15.0 Å². The largest absolute Gasteiger partial charge is 0.497 e. The molecule has 0 bridgehead atoms. The number of rotatable bonds is 5. The summed E-state index contributed by atoms with van der Waals surface area (Å²) in [6, 6.07) is 20.7. The average molecular weight is 333 g/mol. The molecule has 1 amide bonds. The molecule has 0 saturated carbocycles. The number of carbonyl (C=O) groups is 1. The first-order valence-electron chi connectivity index (χ1n) is 7.87. The third-order valence-electron chi connectivity index (χ3n) is 3.85. The Kier molecular flexibility index (Phi) is 4.95. The standard InChI is InChI=1S/C20H19N3O2/c1-23(16-8-4-3-5-9-16)17-11-12-19(21-14-17)22-20(24)15-7-6-10-18(13-15)25-2/h3-14H,1-2H3,(H,21,22,24). The van der Waals surface area contributed by atoms with Gasteiger partial charge in [0, 0.05) is 18.3 Å². The second kappa shape index (κ2) is 7.49. The van der Waals surface area contributed by atoms with E-state index in [1.807, 2.05) is 48.3 Å². The first-order chi connectivity index (χ1) is 12.2. The van der Waals surface area contributed by atoms with E-state index in [0.29, 0.717) is 17.1 Å². The molecule has 5 heteroatoms. The van der Waals surface area contributed by atoms with E-state index in [0.717, 1.165) is 11.4 Å². The van der Waals surface area contributed by atoms with Crippen molar-refractivity contribution in [1.82, 2.24) is 4.98 Å². The van der Waals surface area contributed by atoms with Crippen molar-refractivity contribution < 1.29 is 9.53 Å². The maximum Gasteiger partial charge on any atom is 0.256 e. The molecule has 0 unspecified atom stereocenters. The van der Waals surface area contributed by atoms with Crippen LogP contribution in [0.25, 0.3) is 0 Å². The van der Waals surface area contributed by atoms with Crippen molar-refractivity contribution in [3.05, 3.63) is 78.5 Å². The zero-order chi connectivity index (χ0) is 17.6. The summed E-state index contributed by atoms with van der Waals surface area (Å²) in [5.41, 5.74) is 2.52. The Morgan fingerprint density at radius 3 is 2.48 bits per heavy atom. The molecule has 3 rings (SSSR count). The second-order valence-electron chi connectivity index (χ2n) is 5.48. The summed E-state index contributed by atoms with van der Waals surface area (Å²) in [7, 11) is 3.54. The highest BCUT2D eigenvalue weighted by Crippen LogP contribution is 2.23. The molecule has 1 heterocycles. The second-order valence-corrected chi connectivity index (χ2v) is 5.48. The van der Waals surface area contributed by atoms with Gasteiger partial charge in [-0.15, -0.1) is 0 Å². The Morgan fingerprint density at radius 2 is 1.80 bits per heavy atom. The third kappa shape index (κ3) is 3.95. The summed E-state index contributed by atoms with van der Waals surface area (Å²) >= 11 is 0. The SMILES string of the molecule is COc1cccc(C(=O)Nc2ccc(N(C)c3ccccc3)cn2)c1. The Labute approximate surface area is 146 Å². The number of para-hydroxylation sites is 1. The normalized spacial score (nSPS) is 10.2. The zero-order valence-corrected chi connectivity index (χ0v) is 14.1. The molecule has 0 aliphatic carbocycles. The fraction of sp³-hybridized carbons (Fsp3) is 0.100. The maximum atomic E-state index is 12.3. The molecule has 0 aliphatic rings. The van der Waals surface area contributed by atoms with E-state index < -0.39 is 0 Å². The topological polar surface area (TPSA) is 54.5 Å². The van der Waals surface area contributed by atoms with Gasteiger partial charge < -0.3 is 15.0 Å². The third-order valence-corrected chi connectivity index (χ3v) is 3.85. The lowest BCUT2D eigenvalue weighted by atomic mass is 10.2. The van der Waals surface area contributed by atoms with Gasteiger partial charge in [-0.1, -0.05) is 24.3 Å². The van der Waals surface area contributed by atoms with Crippen molar-refractivity contribution in [1.29, 1.82) is 0 Å². The number of ether oxygens (including phenoxy) is 1. The predicted octanol–water partition coefficient (Wildman–Crippen LogP) is 4.11. The van der Waals surface area contributed by atoms with Gasteiger partial charge in [-0.25, -0.2) is 4.98 Å². The number of hydrogen-bond donors (Lipinski definition) is 1. The number of pyridine rings is 1. The molecule has 1 aromatic heterocycles. The molecule has 0 radical (unpaired) electrons. The maximum absolute atomic E-state index is 12.3. The molecule has 0 spiro atoms. The Hall–Kier alpha value is -3.34. The number of nitrogens with zero attached hydrogens (tertiary/aromatic N) is 2. The van der Waals surface area contributed by atoms with E-state index in [2.05, 4.69) is 10.3 Å². The van der Waals surface area contributed by atoms with Gasteiger partial charge in [-0.05, 0) is 42.5 Å². The number of benzene rings is 2. The lowest BCUT2D eigenvalue weighted by Gasteiger charge is -2.19. The van der Waals surface area contributed by atoms with Crippen LogP contribution in [0.4, 0.5) is 17.2 Å². The molecular formula is C20H19N3O2. The molecule has 0 fully saturated rings. The molecule has 3 aromatic rings. The molecule has 0 atom stereocenters. The highest BCUT2D eigenvalue weighted by Gasteiger charge is 2.09. The van der Waals surface area contributed by atoms with Gasteiger partial charge in [0.25, 0.3) is 5.91 Å². The van der Waals surface area contributed by atoms with Gasteiger partial charge in [-0.2, -0.15) is 0 Å². The van der Waals surface area contributed by atoms with Crippen LogP contribution in [0.15, 0.2) is 72.9 Å². The summed E-state index contributed by atoms with van der Waals surface area (Å²) in [5, 5.41) is 2.79. The lowest BCUT2D eigenvalue weighted by molar-refractivity contribution is 0.102. The molecule has 25 heavy (non-hydrogen) atoms. The molecule has 0 saturated heterocycles. The number of aromatic nitrogens is 1. The summed E-state index contributed by atoms with van der Waals surface area (Å²) in [5.74, 6) is 0.911. The average Bonchev–Trinajstić information content (AvgIpc) is 2.68. The van der Waals surface area contributed by atoms with E-state index in [-0.39, 0.29) is 5.91 Å². The van der Waals surface area contributed by atoms with Gasteiger partial charge in [-0.3, -0.25) is 4.79 Å². The summed E-state index contributed by atoms with van der Waals surface area (Å²) in [4.78, 5) is 18.7. The molecule has 5 nitrogen and oxygen atoms in total. The van der Waals surface area contributed by atoms with Crippen LogP contribution in [0.2, 0.25) is 0 Å². The van der Waals surface area contributed by atoms with Crippen LogP contribution >= 0.6 is 0 Å². The van der Waals surface area contributed by atoms with Crippen LogP contribution in [0.5, 0.6) is 5.75 Å². The van der Waals surface area contributed by atoms with Crippen LogP contribution in [-0.4, -0.2) is 25.0 Å². The van der Waals surface area contributed by atoms with Gasteiger partial charge in [0.1, 0.15) is 11.6 Å². The van der Waals surface area contributed by atoms with Crippen LogP contribution in [-0.2, 0) is 0 Å². The summed E-state index contributed by atoms with van der Waals surface area (Å²) in [6.45, 7) is 0. The Morgan fingerprint density at radius 1 is 1.00 bits per heavy atom. The van der Waals surface area contributed by atoms with E-state index in [1.165, 1.54) is 0 Å². The van der Waals surface area contributed by atoms with Crippen molar-refractivity contribution >= 4 is 23.1 Å². The molecule has 126 valence electrons. The number of nitrogens with one attached hydrogen (secondary N) is 1. The molecular weight excluding hydrogens is 314 g/mol. The highest BCUT2D eigenvalue weighted by atomic mass is 16.5. The van der Waals surface area contributed by atoms with E-state index in [9.17, 15) is 4.79 Å². The Balaban J connectivity index is 1.71. The number of anilines is 3. The van der Waals surface area contributed by atoms with Crippen LogP contribution in [0, 0.1) is 0 Å². The van der Waals surface area contributed by atoms with Crippen molar-refractivity contribution in [2.75, 3.05) is 24.4 Å². The fourth-order valence-electron chi connectivity index (χ4n) is 2.41. The van der Waals surface area contributed by atoms with Crippen molar-refractivity contribution in [3.63, 3.8) is 0 Å². The van der Waals surface area contributed by atoms with E-state index >= 15 is 0 Å². The molecule has 0 aliphatic heterocycles. The quantitative estimate of drug-likeness (QED) is 0.763. The predicted molar refractivity (Wildman–Crippen MR) is 99.7 cm³/mol. The van der Waals surface area contributed by atoms with Crippen LogP contribution in [0.3, 0.4) is 0 Å². The van der Waals surface area contributed by atoms with Crippen molar-refractivity contribution in [2.24, 2.45) is 0 Å². The number of methoxy groups -OCH3 is 1. The highest BCUT2D eigenvalue weighted by molar-refractivity contribution is 6.04. The number of amides is 1. The van der Waals surface area contributed by atoms with Gasteiger partial charge in [0.15, 0.2) is 0 Å². The molecule has 1 N–H and O–H groups in total. The van der Waals surface area contributed by atoms with Gasteiger partial charge >= 0.3 is 0 Å². The minimum absolute atomic E-state index is 0.226. The first kappa shape index (κ1) is 16.5. The first-order valence-corrected chi connectivity index (χ1v) is 7.87. The number of carbonyl (C=O) groups excluding carboxylic acids is 1. The Bertz CT molecular complexity index is 848. The smallest absolute Gasteiger partial charge is 0.256 e. The minimum Gasteiger partial charge on any atom is -0.497 e. The van der Waals surface area contributed by atoms with E-state index in [1.54, 1.807) is 43.6 Å². The summed E-state index contributed by atoms with van der Waals surface area (Å²) < 4.78 is 5.14. The zero-order valence-electron chi connectivity index (χ0n) is 14.1. The van der Waals surface area contributed by atoms with Gasteiger partial charge in [0.2, 0.25) is 0 Å². The minimum atomic E-state index is -0.226. The van der Waals surface area contributed by atoms with Crippen molar-refractivity contribution in [3.8, 4) is 5.75 Å². The van der Waals surface area contributed by atoms with Crippen LogP contribution in [0.1, 0.15) is 10.4 Å². The monoisotopic (exact) mass is 333 g/mol. The number of hydrogen-bond acceptors (Lipinski definition) is 4. The fourth-order valence-corrected chi connectivity index (χ4v) is 2.41. The van der Waals surface area contributed by atoms with Gasteiger partial charge in [0.05, 0.1) is 19.0 Å². The molecule has 2 aromatic carbocycles. The van der Waals surface area contributed by atoms with Crippen molar-refractivity contribution in [2.45, 2.75) is 0 Å². The summed E-state index contributed by atoms with van der Waals surface area (Å²) in [6.07, 6.45) is 1.73.